The van der Waals surface area contributed by atoms with Crippen LogP contribution in [0.4, 0.5) is 4.79 Å². The first-order valence-electron chi connectivity index (χ1n) is 5.98. The lowest BCUT2D eigenvalue weighted by Gasteiger charge is -2.52. The van der Waals surface area contributed by atoms with E-state index >= 15 is 0 Å². The van der Waals surface area contributed by atoms with Crippen molar-refractivity contribution in [2.24, 2.45) is 0 Å². The number of imide groups is 1. The van der Waals surface area contributed by atoms with Gasteiger partial charge in [0.1, 0.15) is 5.54 Å². The van der Waals surface area contributed by atoms with Gasteiger partial charge in [-0.05, 0) is 12.6 Å². The summed E-state index contributed by atoms with van der Waals surface area (Å²) in [5.41, 5.74) is 0.193. The van der Waals surface area contributed by atoms with E-state index in [-0.39, 0.29) is 11.4 Å². The summed E-state index contributed by atoms with van der Waals surface area (Å²) in [5.74, 6) is -0.214. The zero-order valence-corrected chi connectivity index (χ0v) is 10.1. The lowest BCUT2D eigenvalue weighted by atomic mass is 9.60. The van der Waals surface area contributed by atoms with Gasteiger partial charge in [-0.2, -0.15) is 0 Å². The number of amides is 3. The standard InChI is InChI=1S/C13H15N3O2/c1-14-12(9-5-3-2-4-6-9)7-13(8-12)10(17)15-11(18)16-13/h2-6,14H,7-8H2,1H3,(H2,15,16,17,18). The molecule has 3 amide bonds. The van der Waals surface area contributed by atoms with Gasteiger partial charge in [0.05, 0.1) is 0 Å². The van der Waals surface area contributed by atoms with Crippen LogP contribution < -0.4 is 16.0 Å². The Hall–Kier alpha value is -1.88. The van der Waals surface area contributed by atoms with E-state index in [0.29, 0.717) is 12.8 Å². The SMILES string of the molecule is CNC1(c2ccccc2)CC2(C1)NC(=O)NC2=O. The molecule has 1 aromatic rings. The van der Waals surface area contributed by atoms with Gasteiger partial charge in [0, 0.05) is 18.4 Å². The minimum atomic E-state index is -0.726. The zero-order chi connectivity index (χ0) is 12.8. The predicted molar refractivity (Wildman–Crippen MR) is 65.8 cm³/mol. The molecule has 1 aliphatic carbocycles. The molecule has 3 rings (SSSR count). The zero-order valence-electron chi connectivity index (χ0n) is 10.1. The Labute approximate surface area is 105 Å². The number of benzene rings is 1. The second-order valence-corrected chi connectivity index (χ2v) is 5.04. The highest BCUT2D eigenvalue weighted by Gasteiger charge is 2.62. The fourth-order valence-corrected chi connectivity index (χ4v) is 3.04. The number of nitrogens with one attached hydrogen (secondary N) is 3. The molecule has 1 heterocycles. The van der Waals surface area contributed by atoms with Crippen molar-refractivity contribution in [1.29, 1.82) is 0 Å². The van der Waals surface area contributed by atoms with Crippen LogP contribution in [0.2, 0.25) is 0 Å². The molecule has 0 aromatic heterocycles. The highest BCUT2D eigenvalue weighted by Crippen LogP contribution is 2.49. The predicted octanol–water partition coefficient (Wildman–Crippen LogP) is 0.473. The van der Waals surface area contributed by atoms with E-state index in [2.05, 4.69) is 16.0 Å². The van der Waals surface area contributed by atoms with Crippen LogP contribution in [-0.4, -0.2) is 24.5 Å². The molecule has 5 nitrogen and oxygen atoms in total. The summed E-state index contributed by atoms with van der Waals surface area (Å²) < 4.78 is 0. The van der Waals surface area contributed by atoms with Gasteiger partial charge >= 0.3 is 6.03 Å². The number of carbonyl (C=O) groups excluding carboxylic acids is 2. The smallest absolute Gasteiger partial charge is 0.322 e. The third-order valence-corrected chi connectivity index (χ3v) is 4.03. The van der Waals surface area contributed by atoms with Gasteiger partial charge in [-0.15, -0.1) is 0 Å². The molecule has 1 saturated heterocycles. The van der Waals surface area contributed by atoms with E-state index in [4.69, 9.17) is 0 Å². The maximum absolute atomic E-state index is 11.8. The summed E-state index contributed by atoms with van der Waals surface area (Å²) in [5, 5.41) is 8.33. The number of carbonyl (C=O) groups is 2. The molecule has 2 fully saturated rings. The Kier molecular flexibility index (Phi) is 2.22. The Bertz CT molecular complexity index is 506. The molecular weight excluding hydrogens is 230 g/mol. The summed E-state index contributed by atoms with van der Waals surface area (Å²) in [7, 11) is 1.88. The Balaban J connectivity index is 1.88. The first-order chi connectivity index (χ1) is 8.60. The summed E-state index contributed by atoms with van der Waals surface area (Å²) in [4.78, 5) is 23.0. The maximum Gasteiger partial charge on any atom is 0.322 e. The minimum Gasteiger partial charge on any atom is -0.323 e. The molecule has 3 N–H and O–H groups in total. The molecular formula is C13H15N3O2. The van der Waals surface area contributed by atoms with Gasteiger partial charge < -0.3 is 10.6 Å². The number of hydrogen-bond donors (Lipinski definition) is 3. The molecule has 18 heavy (non-hydrogen) atoms. The van der Waals surface area contributed by atoms with Crippen LogP contribution in [0.15, 0.2) is 30.3 Å². The van der Waals surface area contributed by atoms with Crippen molar-refractivity contribution < 1.29 is 9.59 Å². The molecule has 5 heteroatoms. The fraction of sp³-hybridized carbons (Fsp3) is 0.385. The van der Waals surface area contributed by atoms with E-state index in [1.807, 2.05) is 37.4 Å². The second kappa shape index (κ2) is 3.55. The van der Waals surface area contributed by atoms with Gasteiger partial charge in [-0.25, -0.2) is 4.79 Å². The summed E-state index contributed by atoms with van der Waals surface area (Å²) in [6.07, 6.45) is 1.16. The molecule has 0 radical (unpaired) electrons. The minimum absolute atomic E-state index is 0.214. The first-order valence-corrected chi connectivity index (χ1v) is 5.98. The Morgan fingerprint density at radius 3 is 2.33 bits per heavy atom. The van der Waals surface area contributed by atoms with Crippen LogP contribution in [-0.2, 0) is 10.3 Å². The van der Waals surface area contributed by atoms with Crippen molar-refractivity contribution in [3.63, 3.8) is 0 Å². The molecule has 0 atom stereocenters. The topological polar surface area (TPSA) is 70.2 Å². The summed E-state index contributed by atoms with van der Waals surface area (Å²) >= 11 is 0. The molecule has 1 aliphatic heterocycles. The third kappa shape index (κ3) is 1.37. The van der Waals surface area contributed by atoms with Crippen LogP contribution in [0.3, 0.4) is 0 Å². The van der Waals surface area contributed by atoms with Crippen LogP contribution >= 0.6 is 0 Å². The molecule has 0 bridgehead atoms. The van der Waals surface area contributed by atoms with Crippen LogP contribution in [0.25, 0.3) is 0 Å². The molecule has 0 unspecified atom stereocenters. The molecule has 2 aliphatic rings. The van der Waals surface area contributed by atoms with Crippen molar-refractivity contribution in [2.45, 2.75) is 23.9 Å². The van der Waals surface area contributed by atoms with Crippen molar-refractivity contribution in [2.75, 3.05) is 7.05 Å². The third-order valence-electron chi connectivity index (χ3n) is 4.03. The van der Waals surface area contributed by atoms with E-state index in [0.717, 1.165) is 5.56 Å². The van der Waals surface area contributed by atoms with Gasteiger partial charge in [0.2, 0.25) is 0 Å². The van der Waals surface area contributed by atoms with E-state index in [1.165, 1.54) is 0 Å². The monoisotopic (exact) mass is 245 g/mol. The molecule has 94 valence electrons. The normalized spacial score (nSPS) is 34.1. The first kappa shape index (κ1) is 11.2. The Morgan fingerprint density at radius 1 is 1.17 bits per heavy atom. The van der Waals surface area contributed by atoms with Crippen LogP contribution in [0.1, 0.15) is 18.4 Å². The van der Waals surface area contributed by atoms with Gasteiger partial charge in [0.15, 0.2) is 0 Å². The highest BCUT2D eigenvalue weighted by atomic mass is 16.2. The van der Waals surface area contributed by atoms with Crippen LogP contribution in [0, 0.1) is 0 Å². The van der Waals surface area contributed by atoms with Crippen molar-refractivity contribution in [3.05, 3.63) is 35.9 Å². The van der Waals surface area contributed by atoms with Gasteiger partial charge in [-0.3, -0.25) is 10.1 Å². The second-order valence-electron chi connectivity index (χ2n) is 5.04. The van der Waals surface area contributed by atoms with Crippen LogP contribution in [0.5, 0.6) is 0 Å². The molecule has 1 spiro atoms. The highest BCUT2D eigenvalue weighted by molar-refractivity contribution is 6.08. The lowest BCUT2D eigenvalue weighted by molar-refractivity contribution is -0.130. The Morgan fingerprint density at radius 2 is 1.83 bits per heavy atom. The van der Waals surface area contributed by atoms with Crippen molar-refractivity contribution in [1.82, 2.24) is 16.0 Å². The van der Waals surface area contributed by atoms with Gasteiger partial charge in [-0.1, -0.05) is 30.3 Å². The van der Waals surface area contributed by atoms with Gasteiger partial charge in [0.25, 0.3) is 5.91 Å². The average molecular weight is 245 g/mol. The van der Waals surface area contributed by atoms with E-state index in [9.17, 15) is 9.59 Å². The molecule has 1 aromatic carbocycles. The maximum atomic E-state index is 11.8. The van der Waals surface area contributed by atoms with Crippen molar-refractivity contribution in [3.8, 4) is 0 Å². The van der Waals surface area contributed by atoms with E-state index < -0.39 is 11.6 Å². The largest absolute Gasteiger partial charge is 0.323 e. The lowest BCUT2D eigenvalue weighted by Crippen LogP contribution is -2.68. The summed E-state index contributed by atoms with van der Waals surface area (Å²) in [6, 6.07) is 9.61. The quantitative estimate of drug-likeness (QED) is 0.663. The van der Waals surface area contributed by atoms with E-state index in [1.54, 1.807) is 0 Å². The fourth-order valence-electron chi connectivity index (χ4n) is 3.04. The average Bonchev–Trinajstić information content (AvgIpc) is 2.63. The summed E-state index contributed by atoms with van der Waals surface area (Å²) in [6.45, 7) is 0. The number of urea groups is 1. The van der Waals surface area contributed by atoms with Crippen molar-refractivity contribution >= 4 is 11.9 Å². The number of hydrogen-bond acceptors (Lipinski definition) is 3. The number of rotatable bonds is 2. The molecule has 1 saturated carbocycles.